The summed E-state index contributed by atoms with van der Waals surface area (Å²) < 4.78 is 0. The van der Waals surface area contributed by atoms with E-state index in [2.05, 4.69) is 17.6 Å². The molecule has 0 amide bonds. The Bertz CT molecular complexity index is 336. The third-order valence-electron chi connectivity index (χ3n) is 2.49. The molecule has 0 heterocycles. The van der Waals surface area contributed by atoms with Gasteiger partial charge in [-0.1, -0.05) is 19.1 Å². The van der Waals surface area contributed by atoms with Crippen LogP contribution in [0, 0.1) is 0 Å². The van der Waals surface area contributed by atoms with Crippen molar-refractivity contribution in [3.8, 4) is 0 Å². The lowest BCUT2D eigenvalue weighted by Gasteiger charge is -2.05. The van der Waals surface area contributed by atoms with Crippen molar-refractivity contribution in [1.82, 2.24) is 10.6 Å². The van der Waals surface area contributed by atoms with E-state index in [0.29, 0.717) is 5.56 Å². The Morgan fingerprint density at radius 2 is 1.82 bits per heavy atom. The van der Waals surface area contributed by atoms with E-state index in [4.69, 9.17) is 5.11 Å². The quantitative estimate of drug-likeness (QED) is 0.598. The molecule has 0 unspecified atom stereocenters. The van der Waals surface area contributed by atoms with E-state index < -0.39 is 5.97 Å². The van der Waals surface area contributed by atoms with Crippen molar-refractivity contribution >= 4 is 5.97 Å². The van der Waals surface area contributed by atoms with E-state index in [1.54, 1.807) is 12.1 Å². The number of aromatic carboxylic acids is 1. The number of carbonyl (C=O) groups is 1. The van der Waals surface area contributed by atoms with Gasteiger partial charge in [-0.2, -0.15) is 0 Å². The Morgan fingerprint density at radius 1 is 1.18 bits per heavy atom. The van der Waals surface area contributed by atoms with Crippen molar-refractivity contribution in [3.05, 3.63) is 35.4 Å². The van der Waals surface area contributed by atoms with Crippen LogP contribution in [0.15, 0.2) is 24.3 Å². The highest BCUT2D eigenvalue weighted by Gasteiger charge is 2.00. The summed E-state index contributed by atoms with van der Waals surface area (Å²) in [6, 6.07) is 6.97. The first-order valence-corrected chi connectivity index (χ1v) is 5.97. The van der Waals surface area contributed by atoms with Crippen LogP contribution in [-0.4, -0.2) is 30.7 Å². The zero-order valence-electron chi connectivity index (χ0n) is 10.2. The molecule has 0 radical (unpaired) electrons. The van der Waals surface area contributed by atoms with E-state index >= 15 is 0 Å². The maximum atomic E-state index is 10.7. The molecule has 0 fully saturated rings. The molecular formula is C13H20N2O2. The van der Waals surface area contributed by atoms with Gasteiger partial charge in [0.2, 0.25) is 0 Å². The van der Waals surface area contributed by atoms with Gasteiger partial charge < -0.3 is 15.7 Å². The SMILES string of the molecule is CCNCCCNCc1ccc(C(=O)O)cc1. The van der Waals surface area contributed by atoms with Crippen LogP contribution in [0.3, 0.4) is 0 Å². The Hall–Kier alpha value is -1.39. The summed E-state index contributed by atoms with van der Waals surface area (Å²) in [4.78, 5) is 10.7. The Kier molecular flexibility index (Phi) is 6.29. The largest absolute Gasteiger partial charge is 0.478 e. The minimum absolute atomic E-state index is 0.334. The molecule has 3 N–H and O–H groups in total. The minimum atomic E-state index is -0.879. The van der Waals surface area contributed by atoms with Gasteiger partial charge in [-0.15, -0.1) is 0 Å². The van der Waals surface area contributed by atoms with Crippen LogP contribution in [0.4, 0.5) is 0 Å². The second kappa shape index (κ2) is 7.81. The number of rotatable bonds is 8. The lowest BCUT2D eigenvalue weighted by atomic mass is 10.1. The van der Waals surface area contributed by atoms with Crippen LogP contribution in [0.5, 0.6) is 0 Å². The number of carboxylic acid groups (broad SMARTS) is 1. The average Bonchev–Trinajstić information content (AvgIpc) is 2.34. The topological polar surface area (TPSA) is 61.4 Å². The summed E-state index contributed by atoms with van der Waals surface area (Å²) in [5, 5.41) is 15.3. The van der Waals surface area contributed by atoms with Gasteiger partial charge in [-0.05, 0) is 43.8 Å². The number of nitrogens with one attached hydrogen (secondary N) is 2. The maximum absolute atomic E-state index is 10.7. The van der Waals surface area contributed by atoms with Crippen molar-refractivity contribution in [2.24, 2.45) is 0 Å². The van der Waals surface area contributed by atoms with Crippen LogP contribution in [0.1, 0.15) is 29.3 Å². The monoisotopic (exact) mass is 236 g/mol. The third kappa shape index (κ3) is 5.47. The predicted molar refractivity (Wildman–Crippen MR) is 68.3 cm³/mol. The van der Waals surface area contributed by atoms with Crippen molar-refractivity contribution in [2.75, 3.05) is 19.6 Å². The summed E-state index contributed by atoms with van der Waals surface area (Å²) in [5.41, 5.74) is 1.44. The lowest BCUT2D eigenvalue weighted by Crippen LogP contribution is -2.21. The first-order valence-electron chi connectivity index (χ1n) is 5.97. The highest BCUT2D eigenvalue weighted by molar-refractivity contribution is 5.87. The van der Waals surface area contributed by atoms with Crippen molar-refractivity contribution < 1.29 is 9.90 Å². The van der Waals surface area contributed by atoms with E-state index in [0.717, 1.165) is 38.2 Å². The fourth-order valence-electron chi connectivity index (χ4n) is 1.51. The fourth-order valence-corrected chi connectivity index (χ4v) is 1.51. The molecule has 17 heavy (non-hydrogen) atoms. The zero-order valence-corrected chi connectivity index (χ0v) is 10.2. The molecular weight excluding hydrogens is 216 g/mol. The van der Waals surface area contributed by atoms with E-state index in [1.165, 1.54) is 0 Å². The highest BCUT2D eigenvalue weighted by atomic mass is 16.4. The van der Waals surface area contributed by atoms with Gasteiger partial charge in [0.05, 0.1) is 5.56 Å². The van der Waals surface area contributed by atoms with Crippen molar-refractivity contribution in [2.45, 2.75) is 19.9 Å². The van der Waals surface area contributed by atoms with Crippen LogP contribution < -0.4 is 10.6 Å². The van der Waals surface area contributed by atoms with Gasteiger partial charge in [-0.25, -0.2) is 4.79 Å². The van der Waals surface area contributed by atoms with Crippen LogP contribution in [0.25, 0.3) is 0 Å². The summed E-state index contributed by atoms with van der Waals surface area (Å²) in [7, 11) is 0. The average molecular weight is 236 g/mol. The standard InChI is InChI=1S/C13H20N2O2/c1-2-14-8-3-9-15-10-11-4-6-12(7-5-11)13(16)17/h4-7,14-15H,2-3,8-10H2,1H3,(H,16,17). The third-order valence-corrected chi connectivity index (χ3v) is 2.49. The molecule has 0 aliphatic rings. The summed E-state index contributed by atoms with van der Waals surface area (Å²) >= 11 is 0. The van der Waals surface area contributed by atoms with Crippen molar-refractivity contribution in [1.29, 1.82) is 0 Å². The molecule has 0 aliphatic heterocycles. The second-order valence-electron chi connectivity index (χ2n) is 3.89. The molecule has 0 aromatic heterocycles. The second-order valence-corrected chi connectivity index (χ2v) is 3.89. The Labute approximate surface area is 102 Å². The summed E-state index contributed by atoms with van der Waals surface area (Å²) in [6.07, 6.45) is 1.10. The van der Waals surface area contributed by atoms with Crippen LogP contribution in [-0.2, 0) is 6.54 Å². The highest BCUT2D eigenvalue weighted by Crippen LogP contribution is 2.03. The van der Waals surface area contributed by atoms with Crippen molar-refractivity contribution in [3.63, 3.8) is 0 Å². The van der Waals surface area contributed by atoms with Gasteiger partial charge in [0.1, 0.15) is 0 Å². The van der Waals surface area contributed by atoms with Crippen LogP contribution in [0.2, 0.25) is 0 Å². The fraction of sp³-hybridized carbons (Fsp3) is 0.462. The van der Waals surface area contributed by atoms with Gasteiger partial charge >= 0.3 is 5.97 Å². The molecule has 1 aromatic rings. The molecule has 0 aliphatic carbocycles. The predicted octanol–water partition coefficient (Wildman–Crippen LogP) is 1.47. The van der Waals surface area contributed by atoms with Gasteiger partial charge in [0.15, 0.2) is 0 Å². The first kappa shape index (κ1) is 13.7. The molecule has 0 saturated heterocycles. The molecule has 0 spiro atoms. The smallest absolute Gasteiger partial charge is 0.335 e. The number of hydrogen-bond donors (Lipinski definition) is 3. The van der Waals surface area contributed by atoms with Gasteiger partial charge in [-0.3, -0.25) is 0 Å². The first-order chi connectivity index (χ1) is 8.24. The number of benzene rings is 1. The lowest BCUT2D eigenvalue weighted by molar-refractivity contribution is 0.0697. The molecule has 0 atom stereocenters. The Balaban J connectivity index is 2.21. The zero-order chi connectivity index (χ0) is 12.5. The van der Waals surface area contributed by atoms with E-state index in [9.17, 15) is 4.79 Å². The molecule has 4 heteroatoms. The molecule has 1 aromatic carbocycles. The van der Waals surface area contributed by atoms with Gasteiger partial charge in [0, 0.05) is 6.54 Å². The van der Waals surface area contributed by atoms with Crippen LogP contribution >= 0.6 is 0 Å². The molecule has 4 nitrogen and oxygen atoms in total. The summed E-state index contributed by atoms with van der Waals surface area (Å²) in [6.45, 7) is 5.88. The Morgan fingerprint density at radius 3 is 2.41 bits per heavy atom. The normalized spacial score (nSPS) is 10.4. The number of carboxylic acids is 1. The number of hydrogen-bond acceptors (Lipinski definition) is 3. The van der Waals surface area contributed by atoms with E-state index in [1.807, 2.05) is 12.1 Å². The minimum Gasteiger partial charge on any atom is -0.478 e. The molecule has 94 valence electrons. The van der Waals surface area contributed by atoms with Gasteiger partial charge in [0.25, 0.3) is 0 Å². The molecule has 0 bridgehead atoms. The van der Waals surface area contributed by atoms with E-state index in [-0.39, 0.29) is 0 Å². The molecule has 1 rings (SSSR count). The molecule has 0 saturated carbocycles. The maximum Gasteiger partial charge on any atom is 0.335 e. The summed E-state index contributed by atoms with van der Waals surface area (Å²) in [5.74, 6) is -0.879.